The average molecular weight is 387 g/mol. The van der Waals surface area contributed by atoms with Crippen molar-refractivity contribution >= 4 is 0 Å². The Bertz CT molecular complexity index is 433. The van der Waals surface area contributed by atoms with Gasteiger partial charge in [0.15, 0.2) is 12.6 Å². The summed E-state index contributed by atoms with van der Waals surface area (Å²) >= 11 is 0. The van der Waals surface area contributed by atoms with Gasteiger partial charge in [-0.3, -0.25) is 0 Å². The summed E-state index contributed by atoms with van der Waals surface area (Å²) in [6.45, 7) is 14.8. The molecule has 2 aliphatic rings. The van der Waals surface area contributed by atoms with E-state index in [-0.39, 0.29) is 48.5 Å². The fourth-order valence-electron chi connectivity index (χ4n) is 3.86. The second-order valence-corrected chi connectivity index (χ2v) is 9.68. The van der Waals surface area contributed by atoms with E-state index in [1.807, 2.05) is 6.92 Å². The molecule has 2 saturated heterocycles. The van der Waals surface area contributed by atoms with Gasteiger partial charge < -0.3 is 24.1 Å². The second kappa shape index (κ2) is 10.0. The molecule has 0 amide bonds. The number of aliphatic hydroxyl groups excluding tert-OH is 1. The third-order valence-electron chi connectivity index (χ3n) is 5.74. The largest absolute Gasteiger partial charge is 0.393 e. The normalized spacial score (nSPS) is 37.8. The minimum atomic E-state index is -0.361. The van der Waals surface area contributed by atoms with Crippen molar-refractivity contribution in [2.24, 2.45) is 11.3 Å². The molecule has 0 saturated carbocycles. The van der Waals surface area contributed by atoms with Crippen LogP contribution in [0.3, 0.4) is 0 Å². The predicted molar refractivity (Wildman–Crippen MR) is 106 cm³/mol. The van der Waals surface area contributed by atoms with Gasteiger partial charge in [-0.1, -0.05) is 41.5 Å². The zero-order chi connectivity index (χ0) is 20.2. The van der Waals surface area contributed by atoms with Gasteiger partial charge in [-0.15, -0.1) is 0 Å². The van der Waals surface area contributed by atoms with Crippen molar-refractivity contribution in [1.82, 2.24) is 0 Å². The Kier molecular flexibility index (Phi) is 8.56. The van der Waals surface area contributed by atoms with Crippen LogP contribution in [0.25, 0.3) is 0 Å². The van der Waals surface area contributed by atoms with Crippen LogP contribution in [0.5, 0.6) is 0 Å². The standard InChI is InChI=1S/C22H42O5/c1-8-14(3)20-24-17(10-15(4)23)12-18(25-20)13-19-11-16(9-2)26-21(27-19)22(5,6)7/h14-21,23H,8-13H2,1-7H3. The Morgan fingerprint density at radius 1 is 0.889 bits per heavy atom. The number of hydrogen-bond donors (Lipinski definition) is 1. The van der Waals surface area contributed by atoms with Crippen LogP contribution in [0.2, 0.25) is 0 Å². The number of rotatable bonds is 7. The van der Waals surface area contributed by atoms with E-state index in [1.165, 1.54) is 0 Å². The van der Waals surface area contributed by atoms with Crippen LogP contribution in [0.15, 0.2) is 0 Å². The number of hydrogen-bond acceptors (Lipinski definition) is 5. The molecule has 0 aromatic rings. The smallest absolute Gasteiger partial charge is 0.163 e. The first-order chi connectivity index (χ1) is 12.6. The molecule has 5 nitrogen and oxygen atoms in total. The molecule has 8 atom stereocenters. The predicted octanol–water partition coefficient (Wildman–Crippen LogP) is 4.65. The third-order valence-corrected chi connectivity index (χ3v) is 5.74. The molecule has 0 spiro atoms. The molecule has 0 bridgehead atoms. The Balaban J connectivity index is 2.03. The van der Waals surface area contributed by atoms with Gasteiger partial charge in [0, 0.05) is 30.6 Å². The SMILES string of the molecule is CCC1CC(CC2CC(CC(C)O)OC(C(C)CC)O2)OC(C(C)(C)C)O1. The van der Waals surface area contributed by atoms with Crippen molar-refractivity contribution in [3.05, 3.63) is 0 Å². The van der Waals surface area contributed by atoms with Crippen LogP contribution in [0, 0.1) is 11.3 Å². The van der Waals surface area contributed by atoms with Gasteiger partial charge in [0.25, 0.3) is 0 Å². The monoisotopic (exact) mass is 386 g/mol. The zero-order valence-corrected chi connectivity index (χ0v) is 18.4. The highest BCUT2D eigenvalue weighted by Crippen LogP contribution is 2.36. The quantitative estimate of drug-likeness (QED) is 0.690. The van der Waals surface area contributed by atoms with Gasteiger partial charge in [-0.2, -0.15) is 0 Å². The summed E-state index contributed by atoms with van der Waals surface area (Å²) in [6, 6.07) is 0. The minimum absolute atomic E-state index is 0.0444. The summed E-state index contributed by atoms with van der Waals surface area (Å²) < 4.78 is 24.9. The van der Waals surface area contributed by atoms with Gasteiger partial charge in [0.1, 0.15) is 0 Å². The number of ether oxygens (including phenoxy) is 4. The first kappa shape index (κ1) is 23.1. The van der Waals surface area contributed by atoms with E-state index in [0.29, 0.717) is 12.3 Å². The van der Waals surface area contributed by atoms with E-state index in [4.69, 9.17) is 18.9 Å². The molecule has 160 valence electrons. The van der Waals surface area contributed by atoms with Crippen LogP contribution < -0.4 is 0 Å². The molecule has 2 heterocycles. The van der Waals surface area contributed by atoms with Gasteiger partial charge in [-0.05, 0) is 26.2 Å². The van der Waals surface area contributed by atoms with Crippen LogP contribution in [-0.4, -0.2) is 48.2 Å². The highest BCUT2D eigenvalue weighted by molar-refractivity contribution is 4.83. The molecular weight excluding hydrogens is 344 g/mol. The van der Waals surface area contributed by atoms with E-state index < -0.39 is 0 Å². The summed E-state index contributed by atoms with van der Waals surface area (Å²) in [6.07, 6.45) is 5.05. The first-order valence-corrected chi connectivity index (χ1v) is 10.9. The maximum Gasteiger partial charge on any atom is 0.163 e. The van der Waals surface area contributed by atoms with Crippen molar-refractivity contribution in [2.45, 2.75) is 130 Å². The average Bonchev–Trinajstić information content (AvgIpc) is 2.59. The van der Waals surface area contributed by atoms with Crippen molar-refractivity contribution in [3.63, 3.8) is 0 Å². The van der Waals surface area contributed by atoms with E-state index >= 15 is 0 Å². The Hall–Kier alpha value is -0.200. The molecule has 2 fully saturated rings. The van der Waals surface area contributed by atoms with Crippen LogP contribution in [-0.2, 0) is 18.9 Å². The molecule has 2 aliphatic heterocycles. The fraction of sp³-hybridized carbons (Fsp3) is 1.00. The maximum atomic E-state index is 9.82. The van der Waals surface area contributed by atoms with Gasteiger partial charge >= 0.3 is 0 Å². The lowest BCUT2D eigenvalue weighted by molar-refractivity contribution is -0.299. The molecule has 27 heavy (non-hydrogen) atoms. The molecule has 0 aliphatic carbocycles. The molecule has 2 rings (SSSR count). The van der Waals surface area contributed by atoms with Crippen molar-refractivity contribution in [3.8, 4) is 0 Å². The molecule has 0 aromatic heterocycles. The summed E-state index contributed by atoms with van der Waals surface area (Å²) in [5.41, 5.74) is -0.0449. The minimum Gasteiger partial charge on any atom is -0.393 e. The van der Waals surface area contributed by atoms with E-state index in [1.54, 1.807) is 0 Å². The molecule has 1 N–H and O–H groups in total. The van der Waals surface area contributed by atoms with Crippen molar-refractivity contribution in [1.29, 1.82) is 0 Å². The molecule has 0 aromatic carbocycles. The summed E-state index contributed by atoms with van der Waals surface area (Å²) in [5.74, 6) is 0.339. The highest BCUT2D eigenvalue weighted by atomic mass is 16.7. The lowest BCUT2D eigenvalue weighted by Crippen LogP contribution is -2.48. The Morgan fingerprint density at radius 2 is 1.44 bits per heavy atom. The van der Waals surface area contributed by atoms with Crippen LogP contribution in [0.1, 0.15) is 87.0 Å². The van der Waals surface area contributed by atoms with Gasteiger partial charge in [0.2, 0.25) is 0 Å². The van der Waals surface area contributed by atoms with E-state index in [0.717, 1.165) is 32.1 Å². The maximum absolute atomic E-state index is 9.82. The topological polar surface area (TPSA) is 57.2 Å². The Labute approximate surface area is 166 Å². The van der Waals surface area contributed by atoms with Crippen molar-refractivity contribution in [2.75, 3.05) is 0 Å². The Morgan fingerprint density at radius 3 is 2.00 bits per heavy atom. The summed E-state index contributed by atoms with van der Waals surface area (Å²) in [4.78, 5) is 0. The van der Waals surface area contributed by atoms with E-state index in [9.17, 15) is 5.11 Å². The van der Waals surface area contributed by atoms with Crippen LogP contribution >= 0.6 is 0 Å². The lowest BCUT2D eigenvalue weighted by atomic mass is 9.92. The zero-order valence-electron chi connectivity index (χ0n) is 18.4. The third kappa shape index (κ3) is 6.97. The second-order valence-electron chi connectivity index (χ2n) is 9.68. The molecular formula is C22H42O5. The molecule has 0 radical (unpaired) electrons. The first-order valence-electron chi connectivity index (χ1n) is 10.9. The summed E-state index contributed by atoms with van der Waals surface area (Å²) in [5, 5.41) is 9.82. The number of aliphatic hydroxyl groups is 1. The summed E-state index contributed by atoms with van der Waals surface area (Å²) in [7, 11) is 0. The van der Waals surface area contributed by atoms with Crippen molar-refractivity contribution < 1.29 is 24.1 Å². The molecule has 8 unspecified atom stereocenters. The highest BCUT2D eigenvalue weighted by Gasteiger charge is 2.40. The van der Waals surface area contributed by atoms with Crippen LogP contribution in [0.4, 0.5) is 0 Å². The fourth-order valence-corrected chi connectivity index (χ4v) is 3.86. The van der Waals surface area contributed by atoms with E-state index in [2.05, 4.69) is 41.5 Å². The van der Waals surface area contributed by atoms with Gasteiger partial charge in [-0.25, -0.2) is 0 Å². The lowest BCUT2D eigenvalue weighted by Gasteiger charge is -2.44. The van der Waals surface area contributed by atoms with Gasteiger partial charge in [0.05, 0.1) is 30.5 Å². The molecule has 5 heteroatoms.